The molecule has 0 spiro atoms. The summed E-state index contributed by atoms with van der Waals surface area (Å²) in [5, 5.41) is 4.68. The van der Waals surface area contributed by atoms with Gasteiger partial charge in [-0.05, 0) is 36.7 Å². The number of morpholine rings is 1. The van der Waals surface area contributed by atoms with E-state index in [1.165, 1.54) is 0 Å². The molecule has 3 aromatic rings. The molecule has 0 N–H and O–H groups in total. The number of likely N-dealkylation sites (tertiary alicyclic amines) is 1. The topological polar surface area (TPSA) is 84.7 Å². The van der Waals surface area contributed by atoms with Gasteiger partial charge in [0.25, 0.3) is 11.8 Å². The van der Waals surface area contributed by atoms with Crippen LogP contribution < -0.4 is 0 Å². The zero-order valence-electron chi connectivity index (χ0n) is 20.8. The molecule has 0 unspecified atom stereocenters. The van der Waals surface area contributed by atoms with Crippen LogP contribution in [-0.2, 0) is 26.9 Å². The number of hydrogen-bond donors (Lipinski definition) is 0. The quantitative estimate of drug-likeness (QED) is 0.502. The molecule has 0 saturated carbocycles. The molecule has 11 heteroatoms. The number of alkyl halides is 2. The summed E-state index contributed by atoms with van der Waals surface area (Å²) in [6.45, 7) is 2.44. The van der Waals surface area contributed by atoms with E-state index in [0.29, 0.717) is 68.3 Å². The van der Waals surface area contributed by atoms with Crippen LogP contribution in [0.4, 0.5) is 8.78 Å². The van der Waals surface area contributed by atoms with Gasteiger partial charge in [0, 0.05) is 37.2 Å². The molecule has 0 bridgehead atoms. The minimum absolute atomic E-state index is 0.0739. The maximum absolute atomic E-state index is 13.8. The van der Waals surface area contributed by atoms with Crippen molar-refractivity contribution in [3.63, 3.8) is 0 Å². The molecule has 200 valence electrons. The molecule has 8 nitrogen and oxygen atoms in total. The van der Waals surface area contributed by atoms with Crippen LogP contribution in [0.15, 0.2) is 53.4 Å². The van der Waals surface area contributed by atoms with Gasteiger partial charge in [0.1, 0.15) is 0 Å². The lowest BCUT2D eigenvalue weighted by molar-refractivity contribution is -0.0661. The van der Waals surface area contributed by atoms with E-state index in [1.807, 2.05) is 24.3 Å². The minimum atomic E-state index is -3.66. The van der Waals surface area contributed by atoms with Crippen LogP contribution >= 0.6 is 0 Å². The molecule has 0 radical (unpaired) electrons. The van der Waals surface area contributed by atoms with Crippen molar-refractivity contribution in [1.29, 1.82) is 0 Å². The van der Waals surface area contributed by atoms with Crippen molar-refractivity contribution in [2.45, 2.75) is 36.0 Å². The number of carbonyl (C=O) groups is 1. The Kier molecular flexibility index (Phi) is 6.32. The zero-order valence-corrected chi connectivity index (χ0v) is 21.6. The number of ether oxygens (including phenoxy) is 1. The summed E-state index contributed by atoms with van der Waals surface area (Å²) in [6, 6.07) is 14.2. The maximum Gasteiger partial charge on any atom is 0.274 e. The number of sulfone groups is 1. The van der Waals surface area contributed by atoms with Crippen molar-refractivity contribution in [3.8, 4) is 16.9 Å². The number of fused-ring (bicyclic) bond motifs is 3. The third-order valence-corrected chi connectivity index (χ3v) is 9.05. The number of rotatable bonds is 4. The zero-order chi connectivity index (χ0) is 26.5. The fourth-order valence-electron chi connectivity index (χ4n) is 5.52. The van der Waals surface area contributed by atoms with Gasteiger partial charge >= 0.3 is 0 Å². The van der Waals surface area contributed by atoms with E-state index in [9.17, 15) is 22.0 Å². The molecule has 2 aromatic carbocycles. The molecule has 2 saturated heterocycles. The molecule has 38 heavy (non-hydrogen) atoms. The average Bonchev–Trinajstić information content (AvgIpc) is 3.27. The van der Waals surface area contributed by atoms with E-state index in [0.717, 1.165) is 5.56 Å². The number of nitrogens with zero attached hydrogens (tertiary/aromatic N) is 4. The fraction of sp³-hybridized carbons (Fsp3) is 0.407. The number of piperidine rings is 1. The predicted octanol–water partition coefficient (Wildman–Crippen LogP) is 3.53. The van der Waals surface area contributed by atoms with Gasteiger partial charge in [-0.1, -0.05) is 30.3 Å². The molecule has 4 heterocycles. The van der Waals surface area contributed by atoms with Crippen molar-refractivity contribution in [2.75, 3.05) is 39.4 Å². The summed E-state index contributed by atoms with van der Waals surface area (Å²) in [6.07, 6.45) is 0.391. The van der Waals surface area contributed by atoms with Gasteiger partial charge in [-0.15, -0.1) is 0 Å². The Morgan fingerprint density at radius 2 is 1.76 bits per heavy atom. The molecule has 1 amide bonds. The van der Waals surface area contributed by atoms with Gasteiger partial charge in [-0.3, -0.25) is 9.69 Å². The van der Waals surface area contributed by atoms with Crippen LogP contribution in [0, 0.1) is 0 Å². The number of hydrogen-bond acceptors (Lipinski definition) is 6. The van der Waals surface area contributed by atoms with Gasteiger partial charge < -0.3 is 9.64 Å². The summed E-state index contributed by atoms with van der Waals surface area (Å²) in [5.41, 5.74) is 3.14. The van der Waals surface area contributed by atoms with Crippen molar-refractivity contribution < 1.29 is 26.7 Å². The first-order valence-electron chi connectivity index (χ1n) is 12.7. The molecule has 0 aliphatic carbocycles. The molecule has 3 aliphatic heterocycles. The Balaban J connectivity index is 1.39. The van der Waals surface area contributed by atoms with Crippen molar-refractivity contribution in [3.05, 3.63) is 65.4 Å². The lowest BCUT2D eigenvalue weighted by atomic mass is 10.0. The minimum Gasteiger partial charge on any atom is -0.378 e. The Labute approximate surface area is 219 Å². The van der Waals surface area contributed by atoms with Crippen LogP contribution in [0.5, 0.6) is 0 Å². The van der Waals surface area contributed by atoms with Crippen LogP contribution in [0.3, 0.4) is 0 Å². The largest absolute Gasteiger partial charge is 0.378 e. The molecule has 3 aliphatic rings. The summed E-state index contributed by atoms with van der Waals surface area (Å²) >= 11 is 0. The molecule has 6 rings (SSSR count). The van der Waals surface area contributed by atoms with Crippen molar-refractivity contribution in [2.24, 2.45) is 0 Å². The van der Waals surface area contributed by atoms with Crippen molar-refractivity contribution >= 4 is 15.7 Å². The smallest absolute Gasteiger partial charge is 0.274 e. The van der Waals surface area contributed by atoms with Gasteiger partial charge in [0.15, 0.2) is 15.5 Å². The highest BCUT2D eigenvalue weighted by atomic mass is 32.2. The highest BCUT2D eigenvalue weighted by Crippen LogP contribution is 2.41. The summed E-state index contributed by atoms with van der Waals surface area (Å²) in [5.74, 6) is -3.30. The van der Waals surface area contributed by atoms with E-state index in [-0.39, 0.29) is 35.2 Å². The van der Waals surface area contributed by atoms with E-state index < -0.39 is 15.8 Å². The first-order valence-corrected chi connectivity index (χ1v) is 14.4. The van der Waals surface area contributed by atoms with E-state index in [2.05, 4.69) is 5.10 Å². The summed E-state index contributed by atoms with van der Waals surface area (Å²) < 4.78 is 61.0. The lowest BCUT2D eigenvalue weighted by Gasteiger charge is -2.32. The molecule has 1 aromatic heterocycles. The normalized spacial score (nSPS) is 20.5. The monoisotopic (exact) mass is 542 g/mol. The van der Waals surface area contributed by atoms with E-state index in [4.69, 9.17) is 4.74 Å². The molecule has 2 fully saturated rings. The van der Waals surface area contributed by atoms with Gasteiger partial charge in [0.2, 0.25) is 0 Å². The summed E-state index contributed by atoms with van der Waals surface area (Å²) in [4.78, 5) is 17.1. The highest BCUT2D eigenvalue weighted by Gasteiger charge is 2.37. The van der Waals surface area contributed by atoms with Crippen LogP contribution in [0.1, 0.15) is 34.5 Å². The third-order valence-electron chi connectivity index (χ3n) is 7.35. The first kappa shape index (κ1) is 25.1. The van der Waals surface area contributed by atoms with Crippen LogP contribution in [0.25, 0.3) is 16.9 Å². The highest BCUT2D eigenvalue weighted by molar-refractivity contribution is 7.90. The lowest BCUT2D eigenvalue weighted by Crippen LogP contribution is -2.41. The Morgan fingerprint density at radius 1 is 1.03 bits per heavy atom. The molecule has 0 atom stereocenters. The van der Waals surface area contributed by atoms with Gasteiger partial charge in [0.05, 0.1) is 41.8 Å². The predicted molar refractivity (Wildman–Crippen MR) is 136 cm³/mol. The average molecular weight is 543 g/mol. The second-order valence-corrected chi connectivity index (χ2v) is 12.0. The Bertz CT molecular complexity index is 1480. The fourth-order valence-corrected chi connectivity index (χ4v) is 7.12. The first-order chi connectivity index (χ1) is 18.2. The number of amides is 1. The second kappa shape index (κ2) is 9.55. The standard InChI is InChI=1S/C27H28F2N4O4S/c28-27(29)10-3-11-31(18-27)16-19-6-8-20(9-7-19)33-25-21-4-1-2-5-23(21)38(35,36)17-22(25)24(30-33)26(34)32-12-14-37-15-13-32/h1-2,4-9H,3,10-18H2. The number of benzene rings is 2. The molecular formula is C27H28F2N4O4S. The number of carbonyl (C=O) groups excluding carboxylic acids is 1. The van der Waals surface area contributed by atoms with Gasteiger partial charge in [-0.2, -0.15) is 5.10 Å². The maximum atomic E-state index is 13.8. The van der Waals surface area contributed by atoms with E-state index in [1.54, 1.807) is 38.7 Å². The van der Waals surface area contributed by atoms with E-state index >= 15 is 0 Å². The Hall–Kier alpha value is -3.15. The van der Waals surface area contributed by atoms with Crippen LogP contribution in [0.2, 0.25) is 0 Å². The van der Waals surface area contributed by atoms with Crippen molar-refractivity contribution in [1.82, 2.24) is 19.6 Å². The Morgan fingerprint density at radius 3 is 2.50 bits per heavy atom. The summed E-state index contributed by atoms with van der Waals surface area (Å²) in [7, 11) is -3.66. The number of aromatic nitrogens is 2. The van der Waals surface area contributed by atoms with Crippen LogP contribution in [-0.4, -0.2) is 79.2 Å². The molecular weight excluding hydrogens is 514 g/mol. The number of halogens is 2. The SMILES string of the molecule is O=C(c1nn(-c2ccc(CN3CCCC(F)(F)C3)cc2)c2c1CS(=O)(=O)c1ccccc1-2)N1CCOCC1. The third kappa shape index (κ3) is 4.63. The second-order valence-electron chi connectivity index (χ2n) is 10.1. The van der Waals surface area contributed by atoms with Gasteiger partial charge in [-0.25, -0.2) is 21.9 Å².